The molecule has 1 aliphatic rings. The molecule has 1 fully saturated rings. The van der Waals surface area contributed by atoms with Gasteiger partial charge in [0.05, 0.1) is 18.3 Å². The van der Waals surface area contributed by atoms with Crippen molar-refractivity contribution in [2.24, 2.45) is 17.8 Å². The number of aliphatic hydroxyl groups excluding tert-OH is 1. The molecule has 1 saturated heterocycles. The largest absolute Gasteiger partial charge is 0.393 e. The number of aliphatic hydroxyl groups is 1. The monoisotopic (exact) mass is 256 g/mol. The quantitative estimate of drug-likeness (QED) is 0.745. The second-order valence-electron chi connectivity index (χ2n) is 6.20. The lowest BCUT2D eigenvalue weighted by atomic mass is 9.80. The van der Waals surface area contributed by atoms with Crippen molar-refractivity contribution >= 4 is 0 Å². The topological polar surface area (TPSA) is 29.5 Å². The summed E-state index contributed by atoms with van der Waals surface area (Å²) in [7, 11) is 0. The first kappa shape index (κ1) is 16.0. The molecule has 0 aromatic rings. The SMILES string of the molecule is CCCCC(CC)CC(O)C1C(C)OC(C)C1C. The van der Waals surface area contributed by atoms with Crippen LogP contribution in [0.4, 0.5) is 0 Å². The number of hydrogen-bond acceptors (Lipinski definition) is 2. The average Bonchev–Trinajstić information content (AvgIpc) is 2.58. The molecule has 0 amide bonds. The summed E-state index contributed by atoms with van der Waals surface area (Å²) >= 11 is 0. The highest BCUT2D eigenvalue weighted by atomic mass is 16.5. The van der Waals surface area contributed by atoms with Crippen LogP contribution in [-0.2, 0) is 4.74 Å². The Bertz CT molecular complexity index is 229. The standard InChI is InChI=1S/C16H32O2/c1-6-8-9-14(7-2)10-15(17)16-11(3)12(4)18-13(16)5/h11-17H,6-10H2,1-5H3. The van der Waals surface area contributed by atoms with E-state index < -0.39 is 0 Å². The van der Waals surface area contributed by atoms with E-state index in [1.165, 1.54) is 25.7 Å². The second-order valence-corrected chi connectivity index (χ2v) is 6.20. The van der Waals surface area contributed by atoms with Crippen LogP contribution >= 0.6 is 0 Å². The van der Waals surface area contributed by atoms with Gasteiger partial charge in [0.2, 0.25) is 0 Å². The van der Waals surface area contributed by atoms with Crippen LogP contribution in [0.5, 0.6) is 0 Å². The van der Waals surface area contributed by atoms with Gasteiger partial charge in [-0.1, -0.05) is 46.5 Å². The minimum atomic E-state index is -0.193. The molecule has 2 nitrogen and oxygen atoms in total. The van der Waals surface area contributed by atoms with Crippen LogP contribution in [0, 0.1) is 17.8 Å². The molecule has 2 heteroatoms. The molecule has 18 heavy (non-hydrogen) atoms. The Labute approximate surface area is 113 Å². The van der Waals surface area contributed by atoms with E-state index in [1.807, 2.05) is 0 Å². The third kappa shape index (κ3) is 3.96. The van der Waals surface area contributed by atoms with Gasteiger partial charge in [-0.3, -0.25) is 0 Å². The van der Waals surface area contributed by atoms with Crippen molar-refractivity contribution in [3.8, 4) is 0 Å². The smallest absolute Gasteiger partial charge is 0.0607 e. The predicted molar refractivity (Wildman–Crippen MR) is 76.6 cm³/mol. The Balaban J connectivity index is 2.50. The third-order valence-corrected chi connectivity index (χ3v) is 4.88. The minimum Gasteiger partial charge on any atom is -0.393 e. The molecular formula is C16H32O2. The van der Waals surface area contributed by atoms with Crippen molar-refractivity contribution < 1.29 is 9.84 Å². The van der Waals surface area contributed by atoms with Crippen LogP contribution in [0.3, 0.4) is 0 Å². The molecule has 0 bridgehead atoms. The van der Waals surface area contributed by atoms with Gasteiger partial charge in [-0.25, -0.2) is 0 Å². The van der Waals surface area contributed by atoms with E-state index >= 15 is 0 Å². The molecular weight excluding hydrogens is 224 g/mol. The number of ether oxygens (including phenoxy) is 1. The zero-order valence-electron chi connectivity index (χ0n) is 12.9. The Morgan fingerprint density at radius 1 is 1.11 bits per heavy atom. The molecule has 0 radical (unpaired) electrons. The highest BCUT2D eigenvalue weighted by Gasteiger charge is 2.41. The van der Waals surface area contributed by atoms with Gasteiger partial charge in [-0.15, -0.1) is 0 Å². The van der Waals surface area contributed by atoms with Crippen LogP contribution in [0.15, 0.2) is 0 Å². The molecule has 108 valence electrons. The fourth-order valence-corrected chi connectivity index (χ4v) is 3.44. The first-order valence-corrected chi connectivity index (χ1v) is 7.84. The third-order valence-electron chi connectivity index (χ3n) is 4.88. The highest BCUT2D eigenvalue weighted by Crippen LogP contribution is 2.37. The molecule has 1 heterocycles. The van der Waals surface area contributed by atoms with Crippen LogP contribution in [-0.4, -0.2) is 23.4 Å². The molecule has 6 atom stereocenters. The van der Waals surface area contributed by atoms with E-state index in [9.17, 15) is 5.11 Å². The number of rotatable bonds is 7. The van der Waals surface area contributed by atoms with Crippen molar-refractivity contribution in [2.75, 3.05) is 0 Å². The van der Waals surface area contributed by atoms with Crippen LogP contribution < -0.4 is 0 Å². The van der Waals surface area contributed by atoms with Gasteiger partial charge in [0.1, 0.15) is 0 Å². The zero-order chi connectivity index (χ0) is 13.7. The van der Waals surface area contributed by atoms with E-state index in [2.05, 4.69) is 34.6 Å². The van der Waals surface area contributed by atoms with Crippen molar-refractivity contribution in [3.05, 3.63) is 0 Å². The lowest BCUT2D eigenvalue weighted by Gasteiger charge is -2.27. The van der Waals surface area contributed by atoms with E-state index in [0.717, 1.165) is 6.42 Å². The van der Waals surface area contributed by atoms with Gasteiger partial charge in [-0.2, -0.15) is 0 Å². The van der Waals surface area contributed by atoms with Gasteiger partial charge in [0.15, 0.2) is 0 Å². The average molecular weight is 256 g/mol. The van der Waals surface area contributed by atoms with Crippen LogP contribution in [0.25, 0.3) is 0 Å². The molecule has 0 aromatic heterocycles. The van der Waals surface area contributed by atoms with Gasteiger partial charge in [0, 0.05) is 5.92 Å². The highest BCUT2D eigenvalue weighted by molar-refractivity contribution is 4.89. The fourth-order valence-electron chi connectivity index (χ4n) is 3.44. The summed E-state index contributed by atoms with van der Waals surface area (Å²) in [6.45, 7) is 10.9. The van der Waals surface area contributed by atoms with E-state index in [-0.39, 0.29) is 18.3 Å². The van der Waals surface area contributed by atoms with E-state index in [1.54, 1.807) is 0 Å². The van der Waals surface area contributed by atoms with E-state index in [4.69, 9.17) is 4.74 Å². The fraction of sp³-hybridized carbons (Fsp3) is 1.00. The summed E-state index contributed by atoms with van der Waals surface area (Å²) < 4.78 is 5.84. The molecule has 0 spiro atoms. The second kappa shape index (κ2) is 7.49. The van der Waals surface area contributed by atoms with Gasteiger partial charge >= 0.3 is 0 Å². The molecule has 6 unspecified atom stereocenters. The molecule has 1 rings (SSSR count). The first-order valence-electron chi connectivity index (χ1n) is 7.84. The van der Waals surface area contributed by atoms with Crippen molar-refractivity contribution in [3.63, 3.8) is 0 Å². The molecule has 0 aromatic carbocycles. The molecule has 0 aliphatic carbocycles. The predicted octanol–water partition coefficient (Wildman–Crippen LogP) is 4.01. The first-order chi connectivity index (χ1) is 8.51. The molecule has 0 saturated carbocycles. The minimum absolute atomic E-state index is 0.193. The lowest BCUT2D eigenvalue weighted by molar-refractivity contribution is 0.0144. The summed E-state index contributed by atoms with van der Waals surface area (Å²) in [6.07, 6.45) is 6.23. The van der Waals surface area contributed by atoms with Crippen LogP contribution in [0.2, 0.25) is 0 Å². The Kier molecular flexibility index (Phi) is 6.65. The number of hydrogen-bond donors (Lipinski definition) is 1. The summed E-state index contributed by atoms with van der Waals surface area (Å²) in [4.78, 5) is 0. The van der Waals surface area contributed by atoms with E-state index in [0.29, 0.717) is 17.8 Å². The van der Waals surface area contributed by atoms with Crippen molar-refractivity contribution in [1.82, 2.24) is 0 Å². The maximum absolute atomic E-state index is 10.5. The molecule has 1 aliphatic heterocycles. The zero-order valence-corrected chi connectivity index (χ0v) is 12.9. The summed E-state index contributed by atoms with van der Waals surface area (Å²) in [5, 5.41) is 10.5. The van der Waals surface area contributed by atoms with Crippen molar-refractivity contribution in [1.29, 1.82) is 0 Å². The normalized spacial score (nSPS) is 35.7. The molecule has 1 N–H and O–H groups in total. The summed E-state index contributed by atoms with van der Waals surface area (Å²) in [5.74, 6) is 1.46. The Morgan fingerprint density at radius 2 is 1.78 bits per heavy atom. The lowest BCUT2D eigenvalue weighted by Crippen LogP contribution is -2.32. The van der Waals surface area contributed by atoms with Crippen LogP contribution in [0.1, 0.15) is 66.7 Å². The maximum Gasteiger partial charge on any atom is 0.0607 e. The Hall–Kier alpha value is -0.0800. The number of unbranched alkanes of at least 4 members (excludes halogenated alkanes) is 1. The van der Waals surface area contributed by atoms with Crippen molar-refractivity contribution in [2.45, 2.75) is 85.0 Å². The van der Waals surface area contributed by atoms with Gasteiger partial charge < -0.3 is 9.84 Å². The van der Waals surface area contributed by atoms with Gasteiger partial charge in [0.25, 0.3) is 0 Å². The Morgan fingerprint density at radius 3 is 2.22 bits per heavy atom. The summed E-state index contributed by atoms with van der Waals surface area (Å²) in [6, 6.07) is 0. The maximum atomic E-state index is 10.5. The van der Waals surface area contributed by atoms with Gasteiger partial charge in [-0.05, 0) is 32.1 Å². The summed E-state index contributed by atoms with van der Waals surface area (Å²) in [5.41, 5.74) is 0.